The molecule has 0 saturated heterocycles. The van der Waals surface area contributed by atoms with E-state index in [1.807, 2.05) is 0 Å². The minimum absolute atomic E-state index is 0.260. The largest absolute Gasteiger partial charge is 0.317 e. The number of fused-ring (bicyclic) bond motifs is 15. The molecule has 0 aliphatic carbocycles. The molecule has 5 aromatic heterocycles. The molecule has 75 heavy (non-hydrogen) atoms. The Morgan fingerprint density at radius 2 is 0.547 bits per heavy atom. The van der Waals surface area contributed by atoms with Gasteiger partial charge in [-0.05, 0) is 72.8 Å². The third-order valence-corrected chi connectivity index (χ3v) is 15.7. The highest BCUT2D eigenvalue weighted by Crippen LogP contribution is 2.52. The molecule has 0 radical (unpaired) electrons. The van der Waals surface area contributed by atoms with Crippen LogP contribution >= 0.6 is 0 Å². The number of nitrogens with zero attached hydrogens (tertiary/aromatic N) is 7. The van der Waals surface area contributed by atoms with Gasteiger partial charge in [0.2, 0.25) is 5.69 Å². The van der Waals surface area contributed by atoms with E-state index in [0.717, 1.165) is 126 Å². The first-order valence-electron chi connectivity index (χ1n) is 25.2. The molecule has 346 valence electrons. The minimum Gasteiger partial charge on any atom is -0.317 e. The monoisotopic (exact) mass is 953 g/mol. The summed E-state index contributed by atoms with van der Waals surface area (Å²) < 4.78 is 11.7. The van der Waals surface area contributed by atoms with E-state index in [1.54, 1.807) is 0 Å². The van der Waals surface area contributed by atoms with Crippen LogP contribution in [-0.4, -0.2) is 22.8 Å². The standard InChI is InChI=1S/C68H39N7/c1-70-64-53(41-69)65(72-55-32-14-5-23-43(55)44-24-6-15-33-56(44)72)67(75-61-38-20-12-30-50(61)52-39-62-51(40-63(52)75)49-29-11-13-31-54(49)71(62)42-21-3-2-4-22-42)68(74-59-36-18-9-27-47(59)48-28-10-19-37-60(48)74)66(64)73-57-34-16-7-25-45(57)46-26-8-17-35-58(46)73/h2-40H. The van der Waals surface area contributed by atoms with E-state index in [1.165, 1.54) is 0 Å². The Kier molecular flexibility index (Phi) is 8.46. The van der Waals surface area contributed by atoms with Gasteiger partial charge in [0, 0.05) is 59.5 Å². The molecule has 0 amide bonds. The predicted molar refractivity (Wildman–Crippen MR) is 309 cm³/mol. The van der Waals surface area contributed by atoms with Crippen molar-refractivity contribution in [2.45, 2.75) is 0 Å². The van der Waals surface area contributed by atoms with E-state index in [4.69, 9.17) is 0 Å². The molecule has 7 heteroatoms. The minimum atomic E-state index is 0.260. The third kappa shape index (κ3) is 5.45. The Balaban J connectivity index is 1.23. The Hall–Kier alpha value is -10.6. The van der Waals surface area contributed by atoms with Crippen molar-refractivity contribution in [2.24, 2.45) is 0 Å². The molecular weight excluding hydrogens is 915 g/mol. The summed E-state index contributed by atoms with van der Waals surface area (Å²) in [5.74, 6) is 0. The number of hydrogen-bond acceptors (Lipinski definition) is 1. The van der Waals surface area contributed by atoms with Gasteiger partial charge in [0.15, 0.2) is 0 Å². The van der Waals surface area contributed by atoms with Crippen molar-refractivity contribution in [1.82, 2.24) is 22.8 Å². The summed E-state index contributed by atoms with van der Waals surface area (Å²) in [5.41, 5.74) is 14.2. The average molecular weight is 954 g/mol. The molecule has 0 atom stereocenters. The SMILES string of the molecule is [C-]#[N+]c1c(C#N)c(-n2c3ccccc3c3ccccc32)c(-n2c3ccccc3c3cc4c(cc32)c2ccccc2n4-c2ccccc2)c(-n2c3ccccc3c3ccccc32)c1-n1c2ccccc2c2ccccc21. The first kappa shape index (κ1) is 41.1. The van der Waals surface area contributed by atoms with Crippen LogP contribution in [-0.2, 0) is 0 Å². The lowest BCUT2D eigenvalue weighted by atomic mass is 10.0. The zero-order valence-electron chi connectivity index (χ0n) is 40.1. The summed E-state index contributed by atoms with van der Waals surface area (Å²) in [5, 5.41) is 23.0. The molecule has 0 aliphatic heterocycles. The van der Waals surface area contributed by atoms with E-state index in [0.29, 0.717) is 11.4 Å². The molecule has 0 spiro atoms. The normalized spacial score (nSPS) is 12.0. The fourth-order valence-electron chi connectivity index (χ4n) is 12.8. The average Bonchev–Trinajstić information content (AvgIpc) is 4.36. The topological polar surface area (TPSA) is 52.8 Å². The molecule has 0 N–H and O–H groups in total. The number of para-hydroxylation sites is 9. The zero-order chi connectivity index (χ0) is 49.5. The van der Waals surface area contributed by atoms with Crippen molar-refractivity contribution in [3.8, 4) is 34.5 Å². The number of nitriles is 1. The first-order valence-corrected chi connectivity index (χ1v) is 25.2. The van der Waals surface area contributed by atoms with Gasteiger partial charge < -0.3 is 22.8 Å². The highest BCUT2D eigenvalue weighted by molar-refractivity contribution is 6.21. The van der Waals surface area contributed by atoms with Crippen molar-refractivity contribution in [2.75, 3.05) is 0 Å². The van der Waals surface area contributed by atoms with Crippen LogP contribution in [0.2, 0.25) is 0 Å². The lowest BCUT2D eigenvalue weighted by Crippen LogP contribution is -2.15. The maximum Gasteiger partial charge on any atom is 0.232 e. The molecule has 7 nitrogen and oxygen atoms in total. The van der Waals surface area contributed by atoms with Gasteiger partial charge in [0.25, 0.3) is 0 Å². The fourth-order valence-corrected chi connectivity index (χ4v) is 12.8. The van der Waals surface area contributed by atoms with Gasteiger partial charge >= 0.3 is 0 Å². The smallest absolute Gasteiger partial charge is 0.232 e. The summed E-state index contributed by atoms with van der Waals surface area (Å²) in [4.78, 5) is 4.59. The van der Waals surface area contributed by atoms with Gasteiger partial charge in [0.05, 0.1) is 96.1 Å². The van der Waals surface area contributed by atoms with Crippen molar-refractivity contribution in [3.05, 3.63) is 254 Å². The summed E-state index contributed by atoms with van der Waals surface area (Å²) in [6.07, 6.45) is 0. The van der Waals surface area contributed by atoms with Crippen LogP contribution in [0.5, 0.6) is 0 Å². The lowest BCUT2D eigenvalue weighted by molar-refractivity contribution is 1.02. The van der Waals surface area contributed by atoms with Crippen LogP contribution < -0.4 is 0 Å². The van der Waals surface area contributed by atoms with E-state index in [9.17, 15) is 11.8 Å². The third-order valence-electron chi connectivity index (χ3n) is 15.7. The molecule has 11 aromatic carbocycles. The van der Waals surface area contributed by atoms with Crippen LogP contribution in [0.4, 0.5) is 5.69 Å². The fraction of sp³-hybridized carbons (Fsp3) is 0. The summed E-state index contributed by atoms with van der Waals surface area (Å²) in [6.45, 7) is 9.52. The summed E-state index contributed by atoms with van der Waals surface area (Å²) in [7, 11) is 0. The highest BCUT2D eigenvalue weighted by atomic mass is 15.2. The van der Waals surface area contributed by atoms with Gasteiger partial charge in [-0.15, -0.1) is 0 Å². The van der Waals surface area contributed by atoms with Crippen molar-refractivity contribution >= 4 is 115 Å². The molecule has 5 heterocycles. The summed E-state index contributed by atoms with van der Waals surface area (Å²) >= 11 is 0. The van der Waals surface area contributed by atoms with Crippen molar-refractivity contribution < 1.29 is 0 Å². The Bertz CT molecular complexity index is 5060. The quantitative estimate of drug-likeness (QED) is 0.159. The molecule has 0 bridgehead atoms. The van der Waals surface area contributed by atoms with Gasteiger partial charge in [0.1, 0.15) is 0 Å². The van der Waals surface area contributed by atoms with Crippen molar-refractivity contribution in [1.29, 1.82) is 5.26 Å². The van der Waals surface area contributed by atoms with Crippen LogP contribution in [0.3, 0.4) is 0 Å². The number of rotatable bonds is 5. The van der Waals surface area contributed by atoms with Crippen LogP contribution in [0, 0.1) is 17.9 Å². The van der Waals surface area contributed by atoms with E-state index < -0.39 is 0 Å². The van der Waals surface area contributed by atoms with Crippen LogP contribution in [0.25, 0.3) is 142 Å². The van der Waals surface area contributed by atoms with Gasteiger partial charge in [-0.3, -0.25) is 0 Å². The second kappa shape index (κ2) is 15.5. The van der Waals surface area contributed by atoms with E-state index in [2.05, 4.69) is 270 Å². The van der Waals surface area contributed by atoms with E-state index in [-0.39, 0.29) is 11.3 Å². The molecule has 0 aliphatic rings. The molecule has 0 unspecified atom stereocenters. The Morgan fingerprint density at radius 1 is 0.280 bits per heavy atom. The maximum absolute atomic E-state index is 12.3. The zero-order valence-corrected chi connectivity index (χ0v) is 40.1. The van der Waals surface area contributed by atoms with Crippen molar-refractivity contribution in [3.63, 3.8) is 0 Å². The highest BCUT2D eigenvalue weighted by Gasteiger charge is 2.35. The van der Waals surface area contributed by atoms with E-state index >= 15 is 0 Å². The number of hydrogen-bond donors (Lipinski definition) is 0. The number of benzene rings is 11. The van der Waals surface area contributed by atoms with Crippen LogP contribution in [0.1, 0.15) is 5.56 Å². The predicted octanol–water partition coefficient (Wildman–Crippen LogP) is 17.6. The molecule has 0 fully saturated rings. The Labute approximate surface area is 428 Å². The van der Waals surface area contributed by atoms with Gasteiger partial charge in [-0.1, -0.05) is 164 Å². The first-order chi connectivity index (χ1) is 37.2. The van der Waals surface area contributed by atoms with Gasteiger partial charge in [-0.2, -0.15) is 5.26 Å². The van der Waals surface area contributed by atoms with Crippen LogP contribution in [0.15, 0.2) is 237 Å². The molecule has 16 aromatic rings. The second-order valence-corrected chi connectivity index (χ2v) is 19.4. The Morgan fingerprint density at radius 3 is 0.907 bits per heavy atom. The van der Waals surface area contributed by atoms with Gasteiger partial charge in [-0.25, -0.2) is 4.85 Å². The second-order valence-electron chi connectivity index (χ2n) is 19.4. The molecule has 0 saturated carbocycles. The molecule has 16 rings (SSSR count). The lowest BCUT2D eigenvalue weighted by Gasteiger charge is -2.28. The maximum atomic E-state index is 12.3. The summed E-state index contributed by atoms with van der Waals surface area (Å²) in [6, 6.07) is 86.5. The number of aromatic nitrogens is 5. The molecular formula is C68H39N7.